The smallest absolute Gasteiger partial charge is 0.0958 e. The van der Waals surface area contributed by atoms with Crippen molar-refractivity contribution in [1.82, 2.24) is 0 Å². The molecule has 0 amide bonds. The standard InChI is InChI=1S/C7H10O.C4H8.2C2H6/c1-8-7-5-3-2-4-6-7;1-3-4-2;2*1-2/h2-3,5H,4,6H2,1H3;3-4H,1-2H3;2*1-2H3/b;4-3-;;. The molecule has 1 aliphatic rings. The van der Waals surface area contributed by atoms with Crippen molar-refractivity contribution in [3.8, 4) is 0 Å². The SMILES string of the molecule is C/C=C\C.CC.CC.COC1=CC=CCC1. The molecule has 96 valence electrons. The van der Waals surface area contributed by atoms with E-state index in [4.69, 9.17) is 4.74 Å². The van der Waals surface area contributed by atoms with E-state index in [0.717, 1.165) is 18.6 Å². The van der Waals surface area contributed by atoms with Gasteiger partial charge in [-0.25, -0.2) is 0 Å². The molecule has 1 aliphatic carbocycles. The zero-order valence-corrected chi connectivity index (χ0v) is 12.2. The maximum Gasteiger partial charge on any atom is 0.0958 e. The van der Waals surface area contributed by atoms with Crippen LogP contribution in [0.3, 0.4) is 0 Å². The van der Waals surface area contributed by atoms with Crippen molar-refractivity contribution in [2.45, 2.75) is 54.4 Å². The van der Waals surface area contributed by atoms with E-state index in [-0.39, 0.29) is 0 Å². The average Bonchev–Trinajstić information content (AvgIpc) is 2.44. The topological polar surface area (TPSA) is 9.23 Å². The first-order valence-corrected chi connectivity index (χ1v) is 6.32. The van der Waals surface area contributed by atoms with Crippen LogP contribution in [0.15, 0.2) is 36.1 Å². The van der Waals surface area contributed by atoms with Crippen LogP contribution in [0.5, 0.6) is 0 Å². The number of allylic oxidation sites excluding steroid dienone is 6. The molecule has 0 aromatic rings. The third-order valence-electron chi connectivity index (χ3n) is 1.57. The zero-order chi connectivity index (χ0) is 13.2. The highest BCUT2D eigenvalue weighted by Gasteiger charge is 1.94. The molecular weight excluding hydrogens is 196 g/mol. The monoisotopic (exact) mass is 226 g/mol. The van der Waals surface area contributed by atoms with Gasteiger partial charge in [-0.15, -0.1) is 0 Å². The summed E-state index contributed by atoms with van der Waals surface area (Å²) in [6.45, 7) is 12.0. The van der Waals surface area contributed by atoms with Crippen molar-refractivity contribution >= 4 is 0 Å². The lowest BCUT2D eigenvalue weighted by Gasteiger charge is -2.05. The molecule has 0 aliphatic heterocycles. The van der Waals surface area contributed by atoms with E-state index in [1.54, 1.807) is 7.11 Å². The fraction of sp³-hybridized carbons (Fsp3) is 0.600. The third-order valence-corrected chi connectivity index (χ3v) is 1.57. The normalized spacial score (nSPS) is 12.1. The molecule has 0 saturated heterocycles. The molecule has 0 fully saturated rings. The lowest BCUT2D eigenvalue weighted by Crippen LogP contribution is -1.87. The van der Waals surface area contributed by atoms with Gasteiger partial charge in [-0.1, -0.05) is 52.0 Å². The van der Waals surface area contributed by atoms with Gasteiger partial charge in [-0.3, -0.25) is 0 Å². The number of rotatable bonds is 1. The van der Waals surface area contributed by atoms with E-state index in [9.17, 15) is 0 Å². The van der Waals surface area contributed by atoms with E-state index in [1.165, 1.54) is 0 Å². The molecule has 0 saturated carbocycles. The van der Waals surface area contributed by atoms with Crippen LogP contribution in [-0.4, -0.2) is 7.11 Å². The Bertz CT molecular complexity index is 172. The number of methoxy groups -OCH3 is 1. The molecule has 0 radical (unpaired) electrons. The Morgan fingerprint density at radius 3 is 1.75 bits per heavy atom. The predicted octanol–water partition coefficient (Wildman–Crippen LogP) is 5.50. The van der Waals surface area contributed by atoms with Crippen LogP contribution in [0, 0.1) is 0 Å². The average molecular weight is 226 g/mol. The van der Waals surface area contributed by atoms with Crippen LogP contribution in [0.25, 0.3) is 0 Å². The third kappa shape index (κ3) is 18.7. The number of ether oxygens (including phenoxy) is 1. The highest BCUT2D eigenvalue weighted by Crippen LogP contribution is 2.10. The zero-order valence-electron chi connectivity index (χ0n) is 12.2. The quantitative estimate of drug-likeness (QED) is 0.536. The van der Waals surface area contributed by atoms with Crippen molar-refractivity contribution in [3.63, 3.8) is 0 Å². The number of hydrogen-bond acceptors (Lipinski definition) is 1. The molecule has 0 heterocycles. The lowest BCUT2D eigenvalue weighted by atomic mass is 10.2. The Balaban J connectivity index is -0.000000181. The Morgan fingerprint density at radius 2 is 1.56 bits per heavy atom. The summed E-state index contributed by atoms with van der Waals surface area (Å²) in [6, 6.07) is 0. The first-order chi connectivity index (χ1) is 7.85. The summed E-state index contributed by atoms with van der Waals surface area (Å²) in [4.78, 5) is 0. The van der Waals surface area contributed by atoms with Crippen LogP contribution >= 0.6 is 0 Å². The van der Waals surface area contributed by atoms with Gasteiger partial charge in [0, 0.05) is 6.42 Å². The van der Waals surface area contributed by atoms with Crippen LogP contribution < -0.4 is 0 Å². The van der Waals surface area contributed by atoms with Crippen LogP contribution in [0.1, 0.15) is 54.4 Å². The molecule has 0 bridgehead atoms. The molecule has 0 aromatic heterocycles. The molecule has 1 nitrogen and oxygen atoms in total. The summed E-state index contributed by atoms with van der Waals surface area (Å²) in [5.74, 6) is 1.09. The molecule has 16 heavy (non-hydrogen) atoms. The van der Waals surface area contributed by atoms with Gasteiger partial charge in [0.05, 0.1) is 12.9 Å². The van der Waals surface area contributed by atoms with Gasteiger partial charge in [-0.05, 0) is 26.3 Å². The van der Waals surface area contributed by atoms with E-state index >= 15 is 0 Å². The summed E-state index contributed by atoms with van der Waals surface area (Å²) < 4.78 is 5.00. The van der Waals surface area contributed by atoms with Gasteiger partial charge in [-0.2, -0.15) is 0 Å². The Hall–Kier alpha value is -0.980. The Kier molecular flexibility index (Phi) is 30.2. The van der Waals surface area contributed by atoms with Gasteiger partial charge in [0.2, 0.25) is 0 Å². The second-order valence-corrected chi connectivity index (χ2v) is 2.47. The second-order valence-electron chi connectivity index (χ2n) is 2.47. The van der Waals surface area contributed by atoms with E-state index in [2.05, 4.69) is 6.08 Å². The Morgan fingerprint density at radius 1 is 1.06 bits per heavy atom. The van der Waals surface area contributed by atoms with Crippen LogP contribution in [0.2, 0.25) is 0 Å². The lowest BCUT2D eigenvalue weighted by molar-refractivity contribution is 0.276. The van der Waals surface area contributed by atoms with E-state index in [1.807, 2.05) is 65.8 Å². The highest BCUT2D eigenvalue weighted by atomic mass is 16.5. The minimum atomic E-state index is 1.06. The van der Waals surface area contributed by atoms with Gasteiger partial charge in [0.15, 0.2) is 0 Å². The van der Waals surface area contributed by atoms with Gasteiger partial charge in [0.1, 0.15) is 0 Å². The molecule has 0 aromatic carbocycles. The molecule has 1 rings (SSSR count). The van der Waals surface area contributed by atoms with Gasteiger partial charge in [0.25, 0.3) is 0 Å². The largest absolute Gasteiger partial charge is 0.501 e. The van der Waals surface area contributed by atoms with Gasteiger partial charge < -0.3 is 4.74 Å². The molecular formula is C15H30O. The van der Waals surface area contributed by atoms with Gasteiger partial charge >= 0.3 is 0 Å². The summed E-state index contributed by atoms with van der Waals surface area (Å²) in [6.07, 6.45) is 12.4. The molecule has 0 spiro atoms. The maximum absolute atomic E-state index is 5.00. The highest BCUT2D eigenvalue weighted by molar-refractivity contribution is 5.12. The van der Waals surface area contributed by atoms with Crippen molar-refractivity contribution in [1.29, 1.82) is 0 Å². The second kappa shape index (κ2) is 23.7. The van der Waals surface area contributed by atoms with Crippen LogP contribution in [-0.2, 0) is 4.74 Å². The molecule has 1 heteroatoms. The fourth-order valence-electron chi connectivity index (χ4n) is 0.751. The summed E-state index contributed by atoms with van der Waals surface area (Å²) in [5, 5.41) is 0. The molecule has 0 atom stereocenters. The van der Waals surface area contributed by atoms with E-state index in [0.29, 0.717) is 0 Å². The summed E-state index contributed by atoms with van der Waals surface area (Å²) in [5.41, 5.74) is 0. The molecule has 0 N–H and O–H groups in total. The van der Waals surface area contributed by atoms with Crippen molar-refractivity contribution in [3.05, 3.63) is 36.1 Å². The predicted molar refractivity (Wildman–Crippen MR) is 76.7 cm³/mol. The molecule has 0 unspecified atom stereocenters. The van der Waals surface area contributed by atoms with Crippen LogP contribution in [0.4, 0.5) is 0 Å². The van der Waals surface area contributed by atoms with Crippen molar-refractivity contribution in [2.75, 3.05) is 7.11 Å². The summed E-state index contributed by atoms with van der Waals surface area (Å²) in [7, 11) is 1.71. The minimum absolute atomic E-state index is 1.06. The first kappa shape index (κ1) is 20.4. The minimum Gasteiger partial charge on any atom is -0.501 e. The Labute approximate surface area is 103 Å². The summed E-state index contributed by atoms with van der Waals surface area (Å²) >= 11 is 0. The maximum atomic E-state index is 5.00. The first-order valence-electron chi connectivity index (χ1n) is 6.32. The fourth-order valence-corrected chi connectivity index (χ4v) is 0.751. The van der Waals surface area contributed by atoms with E-state index < -0.39 is 0 Å². The van der Waals surface area contributed by atoms with Crippen molar-refractivity contribution in [2.24, 2.45) is 0 Å². The van der Waals surface area contributed by atoms with Crippen molar-refractivity contribution < 1.29 is 4.74 Å². The number of hydrogen-bond donors (Lipinski definition) is 0.